The van der Waals surface area contributed by atoms with E-state index in [4.69, 9.17) is 9.15 Å². The molecule has 6 heteroatoms. The van der Waals surface area contributed by atoms with Crippen molar-refractivity contribution in [1.29, 1.82) is 0 Å². The third-order valence-corrected chi connectivity index (χ3v) is 5.06. The van der Waals surface area contributed by atoms with Crippen LogP contribution in [0.4, 0.5) is 0 Å². The Morgan fingerprint density at radius 3 is 2.59 bits per heavy atom. The summed E-state index contributed by atoms with van der Waals surface area (Å²) < 4.78 is 11.6. The van der Waals surface area contributed by atoms with Gasteiger partial charge in [0.1, 0.15) is 12.4 Å². The van der Waals surface area contributed by atoms with Crippen molar-refractivity contribution in [3.05, 3.63) is 102 Å². The van der Waals surface area contributed by atoms with Crippen molar-refractivity contribution in [2.24, 2.45) is 0 Å². The first-order valence-electron chi connectivity index (χ1n) is 10.6. The van der Waals surface area contributed by atoms with Gasteiger partial charge in [-0.15, -0.1) is 0 Å². The topological polar surface area (TPSA) is 77.2 Å². The standard InChI is InChI=1S/C26H25N3O3/c1-19(21-9-11-23(12-10-21)31-18-20-6-5-15-27-16-20)29-25(30)13-14-26-28-17-24(32-26)22-7-3-2-4-8-22/h2-12,15-17,19H,13-14,18H2,1H3,(H,29,30). The number of rotatable bonds is 9. The molecule has 32 heavy (non-hydrogen) atoms. The van der Waals surface area contributed by atoms with E-state index in [1.54, 1.807) is 18.6 Å². The average molecular weight is 428 g/mol. The summed E-state index contributed by atoms with van der Waals surface area (Å²) in [6.45, 7) is 2.42. The summed E-state index contributed by atoms with van der Waals surface area (Å²) in [5.41, 5.74) is 2.99. The number of pyridine rings is 1. The molecule has 1 amide bonds. The molecule has 1 atom stereocenters. The minimum absolute atomic E-state index is 0.0473. The van der Waals surface area contributed by atoms with Crippen molar-refractivity contribution in [1.82, 2.24) is 15.3 Å². The fourth-order valence-corrected chi connectivity index (χ4v) is 3.28. The first-order valence-corrected chi connectivity index (χ1v) is 10.6. The molecule has 1 N–H and O–H groups in total. The molecule has 0 aliphatic rings. The Bertz CT molecular complexity index is 1130. The minimum atomic E-state index is -0.112. The van der Waals surface area contributed by atoms with Gasteiger partial charge in [0.05, 0.1) is 12.2 Å². The predicted molar refractivity (Wildman–Crippen MR) is 122 cm³/mol. The quantitative estimate of drug-likeness (QED) is 0.401. The Balaban J connectivity index is 1.24. The molecule has 2 aromatic heterocycles. The lowest BCUT2D eigenvalue weighted by Crippen LogP contribution is -2.26. The van der Waals surface area contributed by atoms with Gasteiger partial charge in [0.2, 0.25) is 5.91 Å². The Morgan fingerprint density at radius 1 is 1.03 bits per heavy atom. The lowest BCUT2D eigenvalue weighted by molar-refractivity contribution is -0.121. The molecule has 2 aromatic carbocycles. The van der Waals surface area contributed by atoms with E-state index in [1.165, 1.54) is 0 Å². The van der Waals surface area contributed by atoms with Crippen molar-refractivity contribution in [3.63, 3.8) is 0 Å². The Labute approximate surface area is 187 Å². The number of ether oxygens (including phenoxy) is 1. The van der Waals surface area contributed by atoms with Crippen molar-refractivity contribution in [3.8, 4) is 17.1 Å². The number of oxazole rings is 1. The summed E-state index contributed by atoms with van der Waals surface area (Å²) in [7, 11) is 0. The van der Waals surface area contributed by atoms with Crippen molar-refractivity contribution < 1.29 is 13.9 Å². The number of carbonyl (C=O) groups is 1. The molecule has 0 aliphatic heterocycles. The fourth-order valence-electron chi connectivity index (χ4n) is 3.28. The predicted octanol–water partition coefficient (Wildman–Crippen LogP) is 5.13. The van der Waals surface area contributed by atoms with Gasteiger partial charge in [0, 0.05) is 36.4 Å². The first kappa shape index (κ1) is 21.3. The highest BCUT2D eigenvalue weighted by atomic mass is 16.5. The van der Waals surface area contributed by atoms with Crippen molar-refractivity contribution in [2.75, 3.05) is 0 Å². The number of hydrogen-bond donors (Lipinski definition) is 1. The summed E-state index contributed by atoms with van der Waals surface area (Å²) in [5, 5.41) is 3.02. The van der Waals surface area contributed by atoms with Gasteiger partial charge in [0.25, 0.3) is 0 Å². The Morgan fingerprint density at radius 2 is 1.84 bits per heavy atom. The molecule has 4 rings (SSSR count). The summed E-state index contributed by atoms with van der Waals surface area (Å²) in [6, 6.07) is 21.3. The lowest BCUT2D eigenvalue weighted by Gasteiger charge is -2.15. The molecule has 1 unspecified atom stereocenters. The third-order valence-electron chi connectivity index (χ3n) is 5.06. The second-order valence-electron chi connectivity index (χ2n) is 7.49. The van der Waals surface area contributed by atoms with Crippen LogP contribution in [0.5, 0.6) is 5.75 Å². The van der Waals surface area contributed by atoms with E-state index < -0.39 is 0 Å². The monoisotopic (exact) mass is 427 g/mol. The van der Waals surface area contributed by atoms with Crippen LogP contribution < -0.4 is 10.1 Å². The molecule has 0 radical (unpaired) electrons. The van der Waals surface area contributed by atoms with Gasteiger partial charge in [-0.3, -0.25) is 9.78 Å². The van der Waals surface area contributed by atoms with E-state index in [9.17, 15) is 4.79 Å². The molecule has 4 aromatic rings. The Hall–Kier alpha value is -3.93. The molecule has 0 aliphatic carbocycles. The summed E-state index contributed by atoms with van der Waals surface area (Å²) in [6.07, 6.45) is 5.98. The number of nitrogens with one attached hydrogen (secondary N) is 1. The SMILES string of the molecule is CC(NC(=O)CCc1ncc(-c2ccccc2)o1)c1ccc(OCc2cccnc2)cc1. The maximum absolute atomic E-state index is 12.4. The maximum atomic E-state index is 12.4. The van der Waals surface area contributed by atoms with Gasteiger partial charge in [-0.05, 0) is 30.7 Å². The highest BCUT2D eigenvalue weighted by Crippen LogP contribution is 2.21. The van der Waals surface area contributed by atoms with Crippen LogP contribution in [0.25, 0.3) is 11.3 Å². The van der Waals surface area contributed by atoms with E-state index in [1.807, 2.05) is 73.7 Å². The van der Waals surface area contributed by atoms with Crippen LogP contribution in [0.15, 0.2) is 89.7 Å². The molecular formula is C26H25N3O3. The largest absolute Gasteiger partial charge is 0.489 e. The molecule has 0 fully saturated rings. The van der Waals surface area contributed by atoms with E-state index in [2.05, 4.69) is 15.3 Å². The van der Waals surface area contributed by atoms with Crippen LogP contribution in [0, 0.1) is 0 Å². The maximum Gasteiger partial charge on any atom is 0.220 e. The lowest BCUT2D eigenvalue weighted by atomic mass is 10.1. The normalized spacial score (nSPS) is 11.7. The number of nitrogens with zero attached hydrogens (tertiary/aromatic N) is 2. The smallest absolute Gasteiger partial charge is 0.220 e. The van der Waals surface area contributed by atoms with Gasteiger partial charge >= 0.3 is 0 Å². The zero-order valence-electron chi connectivity index (χ0n) is 17.9. The molecule has 6 nitrogen and oxygen atoms in total. The van der Waals surface area contributed by atoms with E-state index in [0.29, 0.717) is 31.1 Å². The zero-order valence-corrected chi connectivity index (χ0v) is 17.9. The molecule has 0 bridgehead atoms. The number of hydrogen-bond acceptors (Lipinski definition) is 5. The summed E-state index contributed by atoms with van der Waals surface area (Å²) in [5.74, 6) is 1.99. The van der Waals surface area contributed by atoms with Crippen molar-refractivity contribution >= 4 is 5.91 Å². The molecule has 2 heterocycles. The summed E-state index contributed by atoms with van der Waals surface area (Å²) in [4.78, 5) is 20.8. The van der Waals surface area contributed by atoms with Gasteiger partial charge < -0.3 is 14.5 Å². The van der Waals surface area contributed by atoms with Gasteiger partial charge in [-0.25, -0.2) is 4.98 Å². The van der Waals surface area contributed by atoms with Crippen LogP contribution >= 0.6 is 0 Å². The summed E-state index contributed by atoms with van der Waals surface area (Å²) >= 11 is 0. The van der Waals surface area contributed by atoms with Gasteiger partial charge in [-0.1, -0.05) is 48.5 Å². The van der Waals surface area contributed by atoms with E-state index in [0.717, 1.165) is 22.4 Å². The third kappa shape index (κ3) is 5.82. The first-order chi connectivity index (χ1) is 15.7. The number of aryl methyl sites for hydroxylation is 1. The van der Waals surface area contributed by atoms with Gasteiger partial charge in [0.15, 0.2) is 11.7 Å². The second-order valence-corrected chi connectivity index (χ2v) is 7.49. The molecule has 0 saturated carbocycles. The van der Waals surface area contributed by atoms with Crippen LogP contribution in [0.1, 0.15) is 36.4 Å². The van der Waals surface area contributed by atoms with E-state index >= 15 is 0 Å². The number of amides is 1. The van der Waals surface area contributed by atoms with Crippen LogP contribution in [-0.2, 0) is 17.8 Å². The fraction of sp³-hybridized carbons (Fsp3) is 0.192. The van der Waals surface area contributed by atoms with Crippen LogP contribution in [-0.4, -0.2) is 15.9 Å². The molecule has 0 saturated heterocycles. The van der Waals surface area contributed by atoms with Crippen LogP contribution in [0.3, 0.4) is 0 Å². The molecule has 0 spiro atoms. The van der Waals surface area contributed by atoms with Crippen molar-refractivity contribution in [2.45, 2.75) is 32.4 Å². The highest BCUT2D eigenvalue weighted by molar-refractivity contribution is 5.76. The number of carbonyl (C=O) groups excluding carboxylic acids is 1. The molecule has 162 valence electrons. The number of aromatic nitrogens is 2. The second kappa shape index (κ2) is 10.4. The highest BCUT2D eigenvalue weighted by Gasteiger charge is 2.12. The van der Waals surface area contributed by atoms with Crippen LogP contribution in [0.2, 0.25) is 0 Å². The van der Waals surface area contributed by atoms with E-state index in [-0.39, 0.29) is 11.9 Å². The Kier molecular flexibility index (Phi) is 6.92. The zero-order chi connectivity index (χ0) is 22.2. The molecular weight excluding hydrogens is 402 g/mol. The average Bonchev–Trinajstić information content (AvgIpc) is 3.32. The number of benzene rings is 2. The van der Waals surface area contributed by atoms with Gasteiger partial charge in [-0.2, -0.15) is 0 Å². The minimum Gasteiger partial charge on any atom is -0.489 e.